The highest BCUT2D eigenvalue weighted by molar-refractivity contribution is 6.30. The summed E-state index contributed by atoms with van der Waals surface area (Å²) in [7, 11) is 0. The molecule has 2 rings (SSSR count). The fourth-order valence-corrected chi connectivity index (χ4v) is 1.85. The van der Waals surface area contributed by atoms with Gasteiger partial charge >= 0.3 is 0 Å². The van der Waals surface area contributed by atoms with Gasteiger partial charge in [-0.1, -0.05) is 29.8 Å². The van der Waals surface area contributed by atoms with Gasteiger partial charge in [0.05, 0.1) is 6.42 Å². The second kappa shape index (κ2) is 6.85. The normalized spacial score (nSPS) is 10.0. The van der Waals surface area contributed by atoms with Crippen LogP contribution in [0.2, 0.25) is 5.02 Å². The maximum atomic E-state index is 12.7. The summed E-state index contributed by atoms with van der Waals surface area (Å²) < 4.78 is 12.7. The number of carbonyl (C=O) groups is 2. The third-order valence-corrected chi connectivity index (χ3v) is 2.92. The summed E-state index contributed by atoms with van der Waals surface area (Å²) in [5, 5.41) is 0.431. The van der Waals surface area contributed by atoms with Gasteiger partial charge in [-0.25, -0.2) is 4.39 Å². The summed E-state index contributed by atoms with van der Waals surface area (Å²) in [5.41, 5.74) is 5.56. The number of carbonyl (C=O) groups excluding carboxylic acids is 2. The maximum absolute atomic E-state index is 12.7. The average molecular weight is 307 g/mol. The Labute approximate surface area is 125 Å². The number of hydrogen-bond donors (Lipinski definition) is 2. The van der Waals surface area contributed by atoms with E-state index in [1.807, 2.05) is 0 Å². The first kappa shape index (κ1) is 15.0. The number of amides is 2. The third kappa shape index (κ3) is 4.57. The van der Waals surface area contributed by atoms with Crippen molar-refractivity contribution in [1.82, 2.24) is 10.9 Å². The Morgan fingerprint density at radius 2 is 1.76 bits per heavy atom. The number of hydrogen-bond acceptors (Lipinski definition) is 2. The fourth-order valence-electron chi connectivity index (χ4n) is 1.66. The molecule has 0 spiro atoms. The molecule has 4 nitrogen and oxygen atoms in total. The molecular formula is C15H12ClFN2O2. The molecule has 0 unspecified atom stereocenters. The van der Waals surface area contributed by atoms with Crippen molar-refractivity contribution in [2.75, 3.05) is 0 Å². The van der Waals surface area contributed by atoms with E-state index in [-0.39, 0.29) is 12.2 Å². The van der Waals surface area contributed by atoms with Gasteiger partial charge < -0.3 is 0 Å². The van der Waals surface area contributed by atoms with Crippen molar-refractivity contribution in [3.05, 3.63) is 70.5 Å². The molecule has 0 atom stereocenters. The highest BCUT2D eigenvalue weighted by atomic mass is 35.5. The molecule has 0 aliphatic heterocycles. The number of rotatable bonds is 3. The largest absolute Gasteiger partial charge is 0.273 e. The topological polar surface area (TPSA) is 58.2 Å². The zero-order valence-corrected chi connectivity index (χ0v) is 11.7. The number of hydrazine groups is 1. The van der Waals surface area contributed by atoms with Crippen molar-refractivity contribution in [1.29, 1.82) is 0 Å². The van der Waals surface area contributed by atoms with E-state index in [1.54, 1.807) is 18.2 Å². The SMILES string of the molecule is O=C(Cc1ccc(F)cc1)NNC(=O)c1cccc(Cl)c1. The predicted octanol–water partition coefficient (Wildman–Crippen LogP) is 2.48. The third-order valence-electron chi connectivity index (χ3n) is 2.68. The molecule has 6 heteroatoms. The second-order valence-corrected chi connectivity index (χ2v) is 4.75. The lowest BCUT2D eigenvalue weighted by Gasteiger charge is -2.07. The quantitative estimate of drug-likeness (QED) is 0.856. The molecule has 0 saturated heterocycles. The lowest BCUT2D eigenvalue weighted by molar-refractivity contribution is -0.121. The Hall–Kier alpha value is -2.40. The Bertz CT molecular complexity index is 659. The minimum absolute atomic E-state index is 0.0378. The van der Waals surface area contributed by atoms with Gasteiger partial charge in [0.25, 0.3) is 5.91 Å². The lowest BCUT2D eigenvalue weighted by atomic mass is 10.1. The van der Waals surface area contributed by atoms with Crippen molar-refractivity contribution >= 4 is 23.4 Å². The lowest BCUT2D eigenvalue weighted by Crippen LogP contribution is -2.42. The van der Waals surface area contributed by atoms with Crippen LogP contribution in [0.25, 0.3) is 0 Å². The monoisotopic (exact) mass is 306 g/mol. The number of nitrogens with one attached hydrogen (secondary N) is 2. The minimum atomic E-state index is -0.468. The van der Waals surface area contributed by atoms with Gasteiger partial charge in [0.1, 0.15) is 5.82 Å². The molecular weight excluding hydrogens is 295 g/mol. The summed E-state index contributed by atoms with van der Waals surface area (Å²) in [6.45, 7) is 0. The maximum Gasteiger partial charge on any atom is 0.269 e. The predicted molar refractivity (Wildman–Crippen MR) is 77.2 cm³/mol. The van der Waals surface area contributed by atoms with Crippen LogP contribution in [0.1, 0.15) is 15.9 Å². The fraction of sp³-hybridized carbons (Fsp3) is 0.0667. The van der Waals surface area contributed by atoms with Crippen LogP contribution >= 0.6 is 11.6 Å². The van der Waals surface area contributed by atoms with Crippen molar-refractivity contribution in [2.45, 2.75) is 6.42 Å². The van der Waals surface area contributed by atoms with Gasteiger partial charge in [-0.3, -0.25) is 20.4 Å². The van der Waals surface area contributed by atoms with Crippen LogP contribution in [0.5, 0.6) is 0 Å². The molecule has 2 aromatic rings. The van der Waals surface area contributed by atoms with Crippen LogP contribution in [0.15, 0.2) is 48.5 Å². The van der Waals surface area contributed by atoms with Crippen molar-refractivity contribution in [3.8, 4) is 0 Å². The summed E-state index contributed by atoms with van der Waals surface area (Å²) in [6.07, 6.45) is 0.0378. The highest BCUT2D eigenvalue weighted by Gasteiger charge is 2.08. The second-order valence-electron chi connectivity index (χ2n) is 4.32. The Morgan fingerprint density at radius 1 is 1.05 bits per heavy atom. The Morgan fingerprint density at radius 3 is 2.43 bits per heavy atom. The van der Waals surface area contributed by atoms with Gasteiger partial charge in [-0.05, 0) is 35.9 Å². The van der Waals surface area contributed by atoms with Crippen LogP contribution in [0.3, 0.4) is 0 Å². The van der Waals surface area contributed by atoms with E-state index in [4.69, 9.17) is 11.6 Å². The highest BCUT2D eigenvalue weighted by Crippen LogP contribution is 2.10. The molecule has 2 N–H and O–H groups in total. The first-order valence-corrected chi connectivity index (χ1v) is 6.51. The van der Waals surface area contributed by atoms with E-state index in [2.05, 4.69) is 10.9 Å². The molecule has 0 radical (unpaired) electrons. The standard InChI is InChI=1S/C15H12ClFN2O2/c16-12-3-1-2-11(9-12)15(21)19-18-14(20)8-10-4-6-13(17)7-5-10/h1-7,9H,8H2,(H,18,20)(H,19,21). The summed E-state index contributed by atoms with van der Waals surface area (Å²) >= 11 is 5.77. The zero-order chi connectivity index (χ0) is 15.2. The van der Waals surface area contributed by atoms with Crippen LogP contribution in [-0.2, 0) is 11.2 Å². The van der Waals surface area contributed by atoms with Crippen molar-refractivity contribution in [3.63, 3.8) is 0 Å². The van der Waals surface area contributed by atoms with Crippen LogP contribution < -0.4 is 10.9 Å². The van der Waals surface area contributed by atoms with E-state index in [0.29, 0.717) is 16.1 Å². The van der Waals surface area contributed by atoms with Crippen LogP contribution in [0, 0.1) is 5.82 Å². The Balaban J connectivity index is 1.86. The molecule has 0 aliphatic rings. The van der Waals surface area contributed by atoms with E-state index < -0.39 is 11.8 Å². The molecule has 2 amide bonds. The van der Waals surface area contributed by atoms with Crippen molar-refractivity contribution in [2.24, 2.45) is 0 Å². The summed E-state index contributed by atoms with van der Waals surface area (Å²) in [5.74, 6) is -1.24. The summed E-state index contributed by atoms with van der Waals surface area (Å²) in [6, 6.07) is 11.9. The minimum Gasteiger partial charge on any atom is -0.273 e. The van der Waals surface area contributed by atoms with Crippen LogP contribution in [-0.4, -0.2) is 11.8 Å². The number of benzene rings is 2. The van der Waals surface area contributed by atoms with E-state index in [9.17, 15) is 14.0 Å². The molecule has 0 aromatic heterocycles. The van der Waals surface area contributed by atoms with E-state index in [0.717, 1.165) is 0 Å². The van der Waals surface area contributed by atoms with Gasteiger partial charge in [0, 0.05) is 10.6 Å². The first-order valence-electron chi connectivity index (χ1n) is 6.14. The zero-order valence-electron chi connectivity index (χ0n) is 10.9. The molecule has 21 heavy (non-hydrogen) atoms. The molecule has 0 aliphatic carbocycles. The summed E-state index contributed by atoms with van der Waals surface area (Å²) in [4.78, 5) is 23.4. The Kier molecular flexibility index (Phi) is 4.90. The van der Waals surface area contributed by atoms with Gasteiger partial charge in [-0.2, -0.15) is 0 Å². The average Bonchev–Trinajstić information content (AvgIpc) is 2.47. The van der Waals surface area contributed by atoms with Crippen LogP contribution in [0.4, 0.5) is 4.39 Å². The molecule has 108 valence electrons. The molecule has 2 aromatic carbocycles. The van der Waals surface area contributed by atoms with Gasteiger partial charge in [0.2, 0.25) is 5.91 Å². The van der Waals surface area contributed by atoms with Gasteiger partial charge in [0.15, 0.2) is 0 Å². The van der Waals surface area contributed by atoms with E-state index in [1.165, 1.54) is 30.3 Å². The van der Waals surface area contributed by atoms with E-state index >= 15 is 0 Å². The smallest absolute Gasteiger partial charge is 0.269 e. The molecule has 0 heterocycles. The molecule has 0 saturated carbocycles. The van der Waals surface area contributed by atoms with Gasteiger partial charge in [-0.15, -0.1) is 0 Å². The van der Waals surface area contributed by atoms with Crippen molar-refractivity contribution < 1.29 is 14.0 Å². The molecule has 0 fully saturated rings. The molecule has 0 bridgehead atoms. The number of halogens is 2. The first-order chi connectivity index (χ1) is 10.0.